The van der Waals surface area contributed by atoms with E-state index >= 15 is 0 Å². The second kappa shape index (κ2) is 5.47. The highest BCUT2D eigenvalue weighted by molar-refractivity contribution is 5.48. The summed E-state index contributed by atoms with van der Waals surface area (Å²) < 4.78 is 0. The molecule has 1 saturated carbocycles. The van der Waals surface area contributed by atoms with Crippen LogP contribution in [-0.2, 0) is 11.8 Å². The summed E-state index contributed by atoms with van der Waals surface area (Å²) in [6, 6.07) is 4.09. The van der Waals surface area contributed by atoms with Gasteiger partial charge in [-0.25, -0.2) is 10.4 Å². The second-order valence-electron chi connectivity index (χ2n) is 8.31. The topological polar surface area (TPSA) is 68.0 Å². The molecule has 1 fully saturated rings. The molecule has 2 aliphatic rings. The molecule has 1 aromatic rings. The molecule has 0 heterocycles. The lowest BCUT2D eigenvalue weighted by molar-refractivity contribution is -1.09. The van der Waals surface area contributed by atoms with Gasteiger partial charge in [0.25, 0.3) is 0 Å². The summed E-state index contributed by atoms with van der Waals surface area (Å²) >= 11 is 0. The fourth-order valence-electron chi connectivity index (χ4n) is 5.24. The normalized spacial score (nSPS) is 34.8. The van der Waals surface area contributed by atoms with Crippen molar-refractivity contribution >= 4 is 0 Å². The molecule has 128 valence electrons. The molecule has 0 radical (unpaired) electrons. The van der Waals surface area contributed by atoms with E-state index in [-0.39, 0.29) is 11.3 Å². The number of rotatable bonds is 2. The lowest BCUT2D eigenvalue weighted by atomic mass is 9.52. The molecule has 4 heteroatoms. The third kappa shape index (κ3) is 2.39. The number of hydrogen-bond acceptors (Lipinski definition) is 3. The van der Waals surface area contributed by atoms with E-state index in [9.17, 15) is 15.5 Å². The van der Waals surface area contributed by atoms with E-state index in [1.165, 1.54) is 11.1 Å². The highest BCUT2D eigenvalue weighted by Crippen LogP contribution is 2.53. The Labute approximate surface area is 138 Å². The number of aromatic hydroxyl groups is 1. The average molecular weight is 319 g/mol. The lowest BCUT2D eigenvalue weighted by Gasteiger charge is -2.55. The van der Waals surface area contributed by atoms with E-state index < -0.39 is 10.8 Å². The van der Waals surface area contributed by atoms with Crippen molar-refractivity contribution in [3.8, 4) is 5.75 Å². The van der Waals surface area contributed by atoms with Crippen molar-refractivity contribution in [2.75, 3.05) is 0 Å². The number of phenolic OH excluding ortho intramolecular Hbond substituents is 1. The average Bonchev–Trinajstić information content (AvgIpc) is 2.46. The number of hydrogen-bond donors (Lipinski definition) is 3. The predicted molar refractivity (Wildman–Crippen MR) is 89.7 cm³/mol. The van der Waals surface area contributed by atoms with Crippen LogP contribution < -0.4 is 5.23 Å². The molecule has 3 N–H and O–H groups in total. The molecule has 0 bridgehead atoms. The SMILES string of the molecule is CC(C)c1cc2c(cc1O)C1(C)CCCC(C)([NH+]([O-])O)C1CC2. The maximum absolute atomic E-state index is 11.9. The van der Waals surface area contributed by atoms with Crippen LogP contribution in [0.1, 0.15) is 76.0 Å². The molecule has 23 heavy (non-hydrogen) atoms. The molecule has 1 aromatic carbocycles. The van der Waals surface area contributed by atoms with Crippen molar-refractivity contribution in [2.24, 2.45) is 5.92 Å². The minimum Gasteiger partial charge on any atom is -0.600 e. The van der Waals surface area contributed by atoms with Crippen LogP contribution in [0.2, 0.25) is 0 Å². The van der Waals surface area contributed by atoms with Gasteiger partial charge in [-0.1, -0.05) is 26.8 Å². The summed E-state index contributed by atoms with van der Waals surface area (Å²) in [5, 5.41) is 31.6. The smallest absolute Gasteiger partial charge is 0.128 e. The zero-order valence-electron chi connectivity index (χ0n) is 14.6. The molecule has 0 amide bonds. The van der Waals surface area contributed by atoms with Crippen molar-refractivity contribution in [3.63, 3.8) is 0 Å². The largest absolute Gasteiger partial charge is 0.600 e. The van der Waals surface area contributed by atoms with Gasteiger partial charge in [0.1, 0.15) is 11.3 Å². The first kappa shape index (κ1) is 16.7. The fourth-order valence-corrected chi connectivity index (χ4v) is 5.24. The van der Waals surface area contributed by atoms with Crippen LogP contribution in [0.3, 0.4) is 0 Å². The third-order valence-corrected chi connectivity index (χ3v) is 6.61. The monoisotopic (exact) mass is 319 g/mol. The van der Waals surface area contributed by atoms with E-state index in [1.807, 2.05) is 13.0 Å². The minimum absolute atomic E-state index is 0.137. The molecule has 0 spiro atoms. The van der Waals surface area contributed by atoms with Crippen LogP contribution in [-0.4, -0.2) is 15.9 Å². The van der Waals surface area contributed by atoms with Gasteiger partial charge in [-0.2, -0.15) is 0 Å². The second-order valence-corrected chi connectivity index (χ2v) is 8.31. The van der Waals surface area contributed by atoms with E-state index in [4.69, 9.17) is 0 Å². The zero-order chi connectivity index (χ0) is 17.0. The van der Waals surface area contributed by atoms with Gasteiger partial charge in [-0.3, -0.25) is 0 Å². The van der Waals surface area contributed by atoms with E-state index in [0.29, 0.717) is 11.7 Å². The summed E-state index contributed by atoms with van der Waals surface area (Å²) in [6.07, 6.45) is 4.54. The molecule has 4 atom stereocenters. The maximum atomic E-state index is 11.9. The van der Waals surface area contributed by atoms with Gasteiger partial charge >= 0.3 is 0 Å². The first-order chi connectivity index (χ1) is 10.7. The molecular weight excluding hydrogens is 290 g/mol. The highest BCUT2D eigenvalue weighted by atomic mass is 16.8. The maximum Gasteiger partial charge on any atom is 0.128 e. The van der Waals surface area contributed by atoms with Crippen LogP contribution in [0.15, 0.2) is 12.1 Å². The Hall–Kier alpha value is -1.10. The number of nitrogens with one attached hydrogen (secondary N) is 1. The molecule has 0 aromatic heterocycles. The Kier molecular flexibility index (Phi) is 3.98. The first-order valence-corrected chi connectivity index (χ1v) is 8.80. The van der Waals surface area contributed by atoms with Gasteiger partial charge in [0, 0.05) is 17.8 Å². The van der Waals surface area contributed by atoms with Crippen LogP contribution in [0, 0.1) is 11.1 Å². The Bertz CT molecular complexity index is 613. The molecule has 2 aliphatic carbocycles. The van der Waals surface area contributed by atoms with Crippen LogP contribution in [0.25, 0.3) is 0 Å². The Balaban J connectivity index is 2.11. The Morgan fingerprint density at radius 2 is 1.96 bits per heavy atom. The van der Waals surface area contributed by atoms with Crippen LogP contribution >= 0.6 is 0 Å². The molecule has 0 saturated heterocycles. The molecule has 0 aliphatic heterocycles. The summed E-state index contributed by atoms with van der Waals surface area (Å²) in [6.45, 7) is 8.32. The van der Waals surface area contributed by atoms with E-state index in [1.54, 1.807) is 0 Å². The van der Waals surface area contributed by atoms with Crippen molar-refractivity contribution in [3.05, 3.63) is 34.0 Å². The van der Waals surface area contributed by atoms with Crippen LogP contribution in [0.5, 0.6) is 5.75 Å². The number of hydroxylamine groups is 2. The molecular formula is C19H29NO3. The first-order valence-electron chi connectivity index (χ1n) is 8.80. The molecule has 4 unspecified atom stereocenters. The summed E-state index contributed by atoms with van der Waals surface area (Å²) in [5.41, 5.74) is 2.69. The Morgan fingerprint density at radius 1 is 1.26 bits per heavy atom. The quantitative estimate of drug-likeness (QED) is 0.734. The van der Waals surface area contributed by atoms with Gasteiger partial charge in [0.2, 0.25) is 0 Å². The zero-order valence-corrected chi connectivity index (χ0v) is 14.6. The van der Waals surface area contributed by atoms with Gasteiger partial charge in [0.15, 0.2) is 0 Å². The highest BCUT2D eigenvalue weighted by Gasteiger charge is 2.55. The number of quaternary nitrogens is 1. The van der Waals surface area contributed by atoms with Crippen molar-refractivity contribution < 1.29 is 15.5 Å². The molecule has 3 rings (SSSR count). The van der Waals surface area contributed by atoms with Gasteiger partial charge in [-0.15, -0.1) is 0 Å². The van der Waals surface area contributed by atoms with Gasteiger partial charge in [-0.05, 0) is 61.3 Å². The predicted octanol–water partition coefficient (Wildman–Crippen LogP) is 3.05. The number of phenols is 1. The van der Waals surface area contributed by atoms with E-state index in [0.717, 1.165) is 37.7 Å². The standard InChI is InChI=1S/C19H29NO3/c1-12(2)14-10-13-6-7-17-18(3,15(13)11-16(14)21)8-5-9-19(17,4)20(22)23/h10-12,17,20-22H,5-9H2,1-4H3. The number of fused-ring (bicyclic) bond motifs is 3. The summed E-state index contributed by atoms with van der Waals surface area (Å²) in [7, 11) is 0. The summed E-state index contributed by atoms with van der Waals surface area (Å²) in [5.74, 6) is 0.794. The van der Waals surface area contributed by atoms with Crippen molar-refractivity contribution in [1.82, 2.24) is 0 Å². The van der Waals surface area contributed by atoms with Gasteiger partial charge in [0.05, 0.1) is 0 Å². The van der Waals surface area contributed by atoms with Crippen molar-refractivity contribution in [1.29, 1.82) is 0 Å². The van der Waals surface area contributed by atoms with E-state index in [2.05, 4.69) is 26.8 Å². The Morgan fingerprint density at radius 3 is 2.57 bits per heavy atom. The summed E-state index contributed by atoms with van der Waals surface area (Å²) in [4.78, 5) is 0. The van der Waals surface area contributed by atoms with Gasteiger partial charge < -0.3 is 10.3 Å². The lowest BCUT2D eigenvalue weighted by Crippen LogP contribution is -3.15. The number of aryl methyl sites for hydroxylation is 1. The minimum atomic E-state index is -0.667. The van der Waals surface area contributed by atoms with Crippen molar-refractivity contribution in [2.45, 2.75) is 76.7 Å². The van der Waals surface area contributed by atoms with Crippen LogP contribution in [0.4, 0.5) is 0 Å². The third-order valence-electron chi connectivity index (χ3n) is 6.61. The fraction of sp³-hybridized carbons (Fsp3) is 0.684. The molecule has 4 nitrogen and oxygen atoms in total. The number of benzene rings is 1.